The molecule has 0 aliphatic carbocycles. The summed E-state index contributed by atoms with van der Waals surface area (Å²) in [7, 11) is 1.47. The first-order valence-corrected chi connectivity index (χ1v) is 6.74. The van der Waals surface area contributed by atoms with Crippen LogP contribution in [0, 0.1) is 5.82 Å². The Morgan fingerprint density at radius 3 is 2.85 bits per heavy atom. The fraction of sp³-hybridized carbons (Fsp3) is 0.400. The number of H-pyrrole nitrogens is 1. The maximum atomic E-state index is 13.4. The Balaban J connectivity index is 2.13. The van der Waals surface area contributed by atoms with Crippen LogP contribution in [-0.4, -0.2) is 17.1 Å². The highest BCUT2D eigenvalue weighted by Crippen LogP contribution is 2.25. The van der Waals surface area contributed by atoms with Gasteiger partial charge in [-0.2, -0.15) is 0 Å². The van der Waals surface area contributed by atoms with Gasteiger partial charge < -0.3 is 15.0 Å². The summed E-state index contributed by atoms with van der Waals surface area (Å²) in [4.78, 5) is 7.40. The SMILES string of the molecule is CCC(NC(C)c1ccc(F)c(OC)c1)c1ncc[nH]1. The zero-order valence-electron chi connectivity index (χ0n) is 12.0. The number of benzene rings is 1. The van der Waals surface area contributed by atoms with E-state index in [-0.39, 0.29) is 23.7 Å². The van der Waals surface area contributed by atoms with Gasteiger partial charge in [-0.1, -0.05) is 13.0 Å². The lowest BCUT2D eigenvalue weighted by Gasteiger charge is -2.21. The van der Waals surface area contributed by atoms with E-state index in [0.717, 1.165) is 17.8 Å². The van der Waals surface area contributed by atoms with Crippen molar-refractivity contribution in [2.75, 3.05) is 7.11 Å². The first-order chi connectivity index (χ1) is 9.65. The molecule has 0 radical (unpaired) electrons. The van der Waals surface area contributed by atoms with Crippen LogP contribution in [0.4, 0.5) is 4.39 Å². The summed E-state index contributed by atoms with van der Waals surface area (Å²) in [5, 5.41) is 3.48. The first-order valence-electron chi connectivity index (χ1n) is 6.74. The molecule has 0 fully saturated rings. The second kappa shape index (κ2) is 6.52. The number of nitrogens with zero attached hydrogens (tertiary/aromatic N) is 1. The molecule has 2 rings (SSSR count). The van der Waals surface area contributed by atoms with Crippen LogP contribution in [0.3, 0.4) is 0 Å². The number of ether oxygens (including phenoxy) is 1. The van der Waals surface area contributed by atoms with Gasteiger partial charge in [0.05, 0.1) is 13.2 Å². The highest BCUT2D eigenvalue weighted by atomic mass is 19.1. The molecule has 0 aliphatic heterocycles. The zero-order valence-corrected chi connectivity index (χ0v) is 12.0. The molecule has 0 saturated carbocycles. The van der Waals surface area contributed by atoms with Crippen molar-refractivity contribution in [2.24, 2.45) is 0 Å². The number of aromatic nitrogens is 2. The van der Waals surface area contributed by atoms with Gasteiger partial charge in [0.1, 0.15) is 5.82 Å². The van der Waals surface area contributed by atoms with Crippen LogP contribution < -0.4 is 10.1 Å². The monoisotopic (exact) mass is 277 g/mol. The summed E-state index contributed by atoms with van der Waals surface area (Å²) in [5.41, 5.74) is 0.980. The van der Waals surface area contributed by atoms with Gasteiger partial charge in [0, 0.05) is 18.4 Å². The van der Waals surface area contributed by atoms with Crippen LogP contribution >= 0.6 is 0 Å². The molecule has 2 atom stereocenters. The largest absolute Gasteiger partial charge is 0.494 e. The zero-order chi connectivity index (χ0) is 14.5. The van der Waals surface area contributed by atoms with Crippen LogP contribution in [0.1, 0.15) is 43.7 Å². The fourth-order valence-corrected chi connectivity index (χ4v) is 2.20. The third-order valence-corrected chi connectivity index (χ3v) is 3.38. The molecular weight excluding hydrogens is 257 g/mol. The lowest BCUT2D eigenvalue weighted by Crippen LogP contribution is -2.25. The van der Waals surface area contributed by atoms with Gasteiger partial charge in [-0.05, 0) is 31.0 Å². The number of aromatic amines is 1. The van der Waals surface area contributed by atoms with Gasteiger partial charge in [0.15, 0.2) is 11.6 Å². The highest BCUT2D eigenvalue weighted by Gasteiger charge is 2.16. The molecule has 5 heteroatoms. The average Bonchev–Trinajstić information content (AvgIpc) is 2.99. The summed E-state index contributed by atoms with van der Waals surface area (Å²) in [6.45, 7) is 4.14. The molecule has 2 N–H and O–H groups in total. The van der Waals surface area contributed by atoms with E-state index in [1.807, 2.05) is 13.1 Å². The van der Waals surface area contributed by atoms with Crippen LogP contribution in [0.25, 0.3) is 0 Å². The number of halogens is 1. The number of rotatable bonds is 6. The van der Waals surface area contributed by atoms with Crippen molar-refractivity contribution in [2.45, 2.75) is 32.4 Å². The average molecular weight is 277 g/mol. The first kappa shape index (κ1) is 14.5. The Kier molecular flexibility index (Phi) is 4.74. The molecule has 0 aliphatic rings. The van der Waals surface area contributed by atoms with Crippen molar-refractivity contribution in [3.05, 3.63) is 47.8 Å². The van der Waals surface area contributed by atoms with E-state index in [0.29, 0.717) is 0 Å². The molecule has 20 heavy (non-hydrogen) atoms. The van der Waals surface area contributed by atoms with Crippen LogP contribution in [0.2, 0.25) is 0 Å². The van der Waals surface area contributed by atoms with Crippen molar-refractivity contribution >= 4 is 0 Å². The van der Waals surface area contributed by atoms with Crippen LogP contribution in [0.5, 0.6) is 5.75 Å². The summed E-state index contributed by atoms with van der Waals surface area (Å²) in [6.07, 6.45) is 4.46. The number of hydrogen-bond donors (Lipinski definition) is 2. The Morgan fingerprint density at radius 1 is 1.45 bits per heavy atom. The second-order valence-electron chi connectivity index (χ2n) is 4.72. The molecule has 1 aromatic heterocycles. The van der Waals surface area contributed by atoms with Gasteiger partial charge in [0.2, 0.25) is 0 Å². The summed E-state index contributed by atoms with van der Waals surface area (Å²) in [6, 6.07) is 5.13. The van der Waals surface area contributed by atoms with E-state index in [1.165, 1.54) is 13.2 Å². The summed E-state index contributed by atoms with van der Waals surface area (Å²) < 4.78 is 18.4. The van der Waals surface area contributed by atoms with Gasteiger partial charge >= 0.3 is 0 Å². The lowest BCUT2D eigenvalue weighted by atomic mass is 10.1. The Labute approximate surface area is 118 Å². The normalized spacial score (nSPS) is 14.0. The Bertz CT molecular complexity index is 542. The highest BCUT2D eigenvalue weighted by molar-refractivity contribution is 5.32. The summed E-state index contributed by atoms with van der Waals surface area (Å²) >= 11 is 0. The number of nitrogens with one attached hydrogen (secondary N) is 2. The van der Waals surface area contributed by atoms with Gasteiger partial charge in [-0.15, -0.1) is 0 Å². The molecule has 0 spiro atoms. The van der Waals surface area contributed by atoms with E-state index >= 15 is 0 Å². The van der Waals surface area contributed by atoms with E-state index in [9.17, 15) is 4.39 Å². The number of hydrogen-bond acceptors (Lipinski definition) is 3. The lowest BCUT2D eigenvalue weighted by molar-refractivity contribution is 0.383. The molecule has 108 valence electrons. The number of methoxy groups -OCH3 is 1. The molecule has 0 bridgehead atoms. The van der Waals surface area contributed by atoms with Crippen molar-refractivity contribution in [1.82, 2.24) is 15.3 Å². The maximum Gasteiger partial charge on any atom is 0.165 e. The van der Waals surface area contributed by atoms with Gasteiger partial charge in [0.25, 0.3) is 0 Å². The van der Waals surface area contributed by atoms with Crippen molar-refractivity contribution in [3.63, 3.8) is 0 Å². The third-order valence-electron chi connectivity index (χ3n) is 3.38. The molecular formula is C15H20FN3O. The minimum atomic E-state index is -0.346. The molecule has 0 saturated heterocycles. The molecule has 1 heterocycles. The van der Waals surface area contributed by atoms with Crippen molar-refractivity contribution in [3.8, 4) is 5.75 Å². The molecule has 2 unspecified atom stereocenters. The topological polar surface area (TPSA) is 49.9 Å². The second-order valence-corrected chi connectivity index (χ2v) is 4.72. The molecule has 0 amide bonds. The minimum Gasteiger partial charge on any atom is -0.494 e. The van der Waals surface area contributed by atoms with E-state index in [4.69, 9.17) is 4.74 Å². The van der Waals surface area contributed by atoms with Crippen molar-refractivity contribution < 1.29 is 9.13 Å². The Hall–Kier alpha value is -1.88. The minimum absolute atomic E-state index is 0.0690. The predicted molar refractivity (Wildman–Crippen MR) is 76.1 cm³/mol. The predicted octanol–water partition coefficient (Wildman–Crippen LogP) is 3.36. The maximum absolute atomic E-state index is 13.4. The van der Waals surface area contributed by atoms with Crippen LogP contribution in [0.15, 0.2) is 30.6 Å². The fourth-order valence-electron chi connectivity index (χ4n) is 2.20. The van der Waals surface area contributed by atoms with Gasteiger partial charge in [-0.25, -0.2) is 9.37 Å². The molecule has 4 nitrogen and oxygen atoms in total. The summed E-state index contributed by atoms with van der Waals surface area (Å²) in [5.74, 6) is 0.831. The van der Waals surface area contributed by atoms with E-state index in [2.05, 4.69) is 22.2 Å². The standard InChI is InChI=1S/C15H20FN3O/c1-4-13(15-17-7-8-18-15)19-10(2)11-5-6-12(16)14(9-11)20-3/h5-10,13,19H,4H2,1-3H3,(H,17,18). The van der Waals surface area contributed by atoms with Crippen molar-refractivity contribution in [1.29, 1.82) is 0 Å². The molecule has 2 aromatic rings. The van der Waals surface area contributed by atoms with Gasteiger partial charge in [-0.3, -0.25) is 0 Å². The Morgan fingerprint density at radius 2 is 2.25 bits per heavy atom. The van der Waals surface area contributed by atoms with E-state index in [1.54, 1.807) is 18.3 Å². The molecule has 1 aromatic carbocycles. The third kappa shape index (κ3) is 3.17. The van der Waals surface area contributed by atoms with Crippen LogP contribution in [-0.2, 0) is 0 Å². The smallest absolute Gasteiger partial charge is 0.165 e. The number of imidazole rings is 1. The van der Waals surface area contributed by atoms with E-state index < -0.39 is 0 Å². The quantitative estimate of drug-likeness (QED) is 0.851.